The summed E-state index contributed by atoms with van der Waals surface area (Å²) in [4.78, 5) is 12.1. The van der Waals surface area contributed by atoms with Gasteiger partial charge in [-0.1, -0.05) is 23.7 Å². The summed E-state index contributed by atoms with van der Waals surface area (Å²) in [7, 11) is 0. The van der Waals surface area contributed by atoms with Gasteiger partial charge in [0.2, 0.25) is 0 Å². The molecule has 1 aromatic heterocycles. The molecule has 1 fully saturated rings. The minimum absolute atomic E-state index is 0.0819. The van der Waals surface area contributed by atoms with E-state index in [2.05, 4.69) is 5.32 Å². The van der Waals surface area contributed by atoms with E-state index in [1.54, 1.807) is 6.26 Å². The molecule has 1 aromatic carbocycles. The quantitative estimate of drug-likeness (QED) is 0.844. The first-order valence-corrected chi connectivity index (χ1v) is 8.19. The number of benzene rings is 1. The first kappa shape index (κ1) is 16.1. The van der Waals surface area contributed by atoms with Gasteiger partial charge in [0.1, 0.15) is 5.76 Å². The van der Waals surface area contributed by atoms with Crippen molar-refractivity contribution >= 4 is 17.6 Å². The Morgan fingerprint density at radius 3 is 3.00 bits per heavy atom. The van der Waals surface area contributed by atoms with Crippen LogP contribution >= 0.6 is 11.6 Å². The maximum Gasteiger partial charge on any atom is 0.306 e. The lowest BCUT2D eigenvalue weighted by Gasteiger charge is -2.28. The van der Waals surface area contributed by atoms with E-state index in [0.29, 0.717) is 24.6 Å². The molecule has 0 aliphatic carbocycles. The molecule has 2 atom stereocenters. The highest BCUT2D eigenvalue weighted by Crippen LogP contribution is 2.42. The predicted octanol–water partition coefficient (Wildman–Crippen LogP) is 3.86. The Morgan fingerprint density at radius 2 is 2.30 bits per heavy atom. The third-order valence-corrected chi connectivity index (χ3v) is 4.63. The van der Waals surface area contributed by atoms with E-state index in [-0.39, 0.29) is 17.4 Å². The van der Waals surface area contributed by atoms with Gasteiger partial charge in [0.15, 0.2) is 0 Å². The van der Waals surface area contributed by atoms with Gasteiger partial charge >= 0.3 is 5.97 Å². The molecule has 1 aliphatic heterocycles. The summed E-state index contributed by atoms with van der Waals surface area (Å²) < 4.78 is 10.7. The number of nitrogens with one attached hydrogen (secondary N) is 1. The van der Waals surface area contributed by atoms with Crippen LogP contribution in [-0.2, 0) is 14.9 Å². The van der Waals surface area contributed by atoms with Gasteiger partial charge < -0.3 is 14.5 Å². The second kappa shape index (κ2) is 6.77. The van der Waals surface area contributed by atoms with E-state index in [1.165, 1.54) is 0 Å². The summed E-state index contributed by atoms with van der Waals surface area (Å²) in [6, 6.07) is 11.6. The van der Waals surface area contributed by atoms with Gasteiger partial charge in [-0.3, -0.25) is 4.79 Å². The van der Waals surface area contributed by atoms with Gasteiger partial charge in [0.25, 0.3) is 0 Å². The van der Waals surface area contributed by atoms with E-state index in [1.807, 2.05) is 43.3 Å². The van der Waals surface area contributed by atoms with Crippen LogP contribution in [0.3, 0.4) is 0 Å². The van der Waals surface area contributed by atoms with Crippen molar-refractivity contribution in [3.05, 3.63) is 59.0 Å². The second-order valence-electron chi connectivity index (χ2n) is 5.93. The van der Waals surface area contributed by atoms with Crippen LogP contribution in [0.15, 0.2) is 47.1 Å². The minimum atomic E-state index is -0.339. The summed E-state index contributed by atoms with van der Waals surface area (Å²) >= 11 is 6.16. The Hall–Kier alpha value is -1.78. The smallest absolute Gasteiger partial charge is 0.306 e. The normalized spacial score (nSPS) is 23.8. The number of carbonyl (C=O) groups is 1. The average Bonchev–Trinajstić information content (AvgIpc) is 3.17. The van der Waals surface area contributed by atoms with E-state index in [4.69, 9.17) is 20.8 Å². The summed E-state index contributed by atoms with van der Waals surface area (Å²) in [5, 5.41) is 4.14. The molecule has 0 saturated carbocycles. The fourth-order valence-corrected chi connectivity index (χ4v) is 3.50. The van der Waals surface area contributed by atoms with Crippen molar-refractivity contribution in [2.45, 2.75) is 31.2 Å². The second-order valence-corrected chi connectivity index (χ2v) is 6.36. The molecule has 1 saturated heterocycles. The third kappa shape index (κ3) is 3.43. The molecule has 0 amide bonds. The molecule has 2 unspecified atom stereocenters. The number of ether oxygens (including phenoxy) is 1. The highest BCUT2D eigenvalue weighted by Gasteiger charge is 2.43. The predicted molar refractivity (Wildman–Crippen MR) is 88.4 cm³/mol. The first-order chi connectivity index (χ1) is 11.1. The Balaban J connectivity index is 1.90. The standard InChI is InChI=1S/C18H20ClNO3/c1-2-22-17(21)11-18(13-5-3-6-14(19)9-13)10-15(20-12-18)16-7-4-8-23-16/h3-9,15,20H,2,10-12H2,1H3. The zero-order valence-corrected chi connectivity index (χ0v) is 13.8. The molecule has 23 heavy (non-hydrogen) atoms. The van der Waals surface area contributed by atoms with Crippen molar-refractivity contribution in [2.24, 2.45) is 0 Å². The molecule has 5 heteroatoms. The van der Waals surface area contributed by atoms with Crippen molar-refractivity contribution in [3.8, 4) is 0 Å². The molecule has 0 bridgehead atoms. The summed E-state index contributed by atoms with van der Waals surface area (Å²) in [5.41, 5.74) is 0.717. The molecule has 0 spiro atoms. The maximum atomic E-state index is 12.1. The Bertz CT molecular complexity index is 671. The van der Waals surface area contributed by atoms with Crippen LogP contribution in [0.1, 0.15) is 37.1 Å². The van der Waals surface area contributed by atoms with Crippen molar-refractivity contribution in [1.82, 2.24) is 5.32 Å². The van der Waals surface area contributed by atoms with E-state index in [9.17, 15) is 4.79 Å². The lowest BCUT2D eigenvalue weighted by Crippen LogP contribution is -2.32. The van der Waals surface area contributed by atoms with Crippen molar-refractivity contribution in [3.63, 3.8) is 0 Å². The van der Waals surface area contributed by atoms with Crippen molar-refractivity contribution < 1.29 is 13.9 Å². The molecule has 2 heterocycles. The molecular weight excluding hydrogens is 314 g/mol. The zero-order valence-electron chi connectivity index (χ0n) is 13.0. The zero-order chi connectivity index (χ0) is 16.3. The fraction of sp³-hybridized carbons (Fsp3) is 0.389. The number of hydrogen-bond acceptors (Lipinski definition) is 4. The van der Waals surface area contributed by atoms with Crippen LogP contribution in [-0.4, -0.2) is 19.1 Å². The maximum absolute atomic E-state index is 12.1. The van der Waals surface area contributed by atoms with Crippen LogP contribution < -0.4 is 5.32 Å². The Morgan fingerprint density at radius 1 is 1.43 bits per heavy atom. The number of carbonyl (C=O) groups excluding carboxylic acids is 1. The summed E-state index contributed by atoms with van der Waals surface area (Å²) in [6.07, 6.45) is 2.76. The molecule has 1 aliphatic rings. The van der Waals surface area contributed by atoms with Crippen molar-refractivity contribution in [2.75, 3.05) is 13.2 Å². The molecule has 0 radical (unpaired) electrons. The summed E-state index contributed by atoms with van der Waals surface area (Å²) in [5.74, 6) is 0.701. The lowest BCUT2D eigenvalue weighted by molar-refractivity contribution is -0.144. The average molecular weight is 334 g/mol. The lowest BCUT2D eigenvalue weighted by atomic mass is 9.75. The van der Waals surface area contributed by atoms with Crippen LogP contribution in [0.2, 0.25) is 5.02 Å². The highest BCUT2D eigenvalue weighted by molar-refractivity contribution is 6.30. The van der Waals surface area contributed by atoms with E-state index < -0.39 is 0 Å². The van der Waals surface area contributed by atoms with Gasteiger partial charge in [-0.05, 0) is 43.2 Å². The minimum Gasteiger partial charge on any atom is -0.468 e. The van der Waals surface area contributed by atoms with Crippen LogP contribution in [0, 0.1) is 0 Å². The largest absolute Gasteiger partial charge is 0.468 e. The SMILES string of the molecule is CCOC(=O)CC1(c2cccc(Cl)c2)CNC(c2ccco2)C1. The fourth-order valence-electron chi connectivity index (χ4n) is 3.31. The van der Waals surface area contributed by atoms with Crippen LogP contribution in [0.25, 0.3) is 0 Å². The third-order valence-electron chi connectivity index (χ3n) is 4.39. The Kier molecular flexibility index (Phi) is 4.74. The van der Waals surface area contributed by atoms with Gasteiger partial charge in [-0.2, -0.15) is 0 Å². The number of furan rings is 1. The topological polar surface area (TPSA) is 51.5 Å². The van der Waals surface area contributed by atoms with E-state index in [0.717, 1.165) is 17.7 Å². The summed E-state index contributed by atoms with van der Waals surface area (Å²) in [6.45, 7) is 2.89. The van der Waals surface area contributed by atoms with Gasteiger partial charge in [-0.15, -0.1) is 0 Å². The molecular formula is C18H20ClNO3. The number of halogens is 1. The van der Waals surface area contributed by atoms with Crippen LogP contribution in [0.4, 0.5) is 0 Å². The molecule has 4 nitrogen and oxygen atoms in total. The number of hydrogen-bond donors (Lipinski definition) is 1. The molecule has 3 rings (SSSR count). The highest BCUT2D eigenvalue weighted by atomic mass is 35.5. The van der Waals surface area contributed by atoms with E-state index >= 15 is 0 Å². The number of esters is 1. The molecule has 2 aromatic rings. The molecule has 1 N–H and O–H groups in total. The van der Waals surface area contributed by atoms with Gasteiger partial charge in [-0.25, -0.2) is 0 Å². The number of rotatable bonds is 5. The van der Waals surface area contributed by atoms with Crippen LogP contribution in [0.5, 0.6) is 0 Å². The molecule has 122 valence electrons. The van der Waals surface area contributed by atoms with Crippen molar-refractivity contribution in [1.29, 1.82) is 0 Å². The Labute approximate surface area is 140 Å². The first-order valence-electron chi connectivity index (χ1n) is 7.81. The monoisotopic (exact) mass is 333 g/mol. The van der Waals surface area contributed by atoms with Gasteiger partial charge in [0, 0.05) is 17.0 Å². The van der Waals surface area contributed by atoms with Gasteiger partial charge in [0.05, 0.1) is 25.3 Å².